The highest BCUT2D eigenvalue weighted by Gasteiger charge is 2.19. The number of hydrogen-bond acceptors (Lipinski definition) is 7. The number of fused-ring (bicyclic) bond motifs is 1. The minimum Gasteiger partial charge on any atom is -0.493 e. The summed E-state index contributed by atoms with van der Waals surface area (Å²) in [4.78, 5) is 18.0. The fourth-order valence-electron chi connectivity index (χ4n) is 3.27. The lowest BCUT2D eigenvalue weighted by Crippen LogP contribution is -2.18. The van der Waals surface area contributed by atoms with Crippen molar-refractivity contribution in [3.63, 3.8) is 0 Å². The molecular formula is C23H28N2O5S3. The molecule has 33 heavy (non-hydrogen) atoms. The fourth-order valence-corrected chi connectivity index (χ4v) is 5.78. The van der Waals surface area contributed by atoms with Crippen molar-refractivity contribution in [1.29, 1.82) is 0 Å². The molecule has 0 fully saturated rings. The van der Waals surface area contributed by atoms with Gasteiger partial charge >= 0.3 is 0 Å². The molecule has 0 N–H and O–H groups in total. The van der Waals surface area contributed by atoms with Gasteiger partial charge in [0.25, 0.3) is 5.91 Å². The van der Waals surface area contributed by atoms with Crippen molar-refractivity contribution >= 4 is 49.1 Å². The molecule has 1 aromatic heterocycles. The van der Waals surface area contributed by atoms with Crippen molar-refractivity contribution in [1.82, 2.24) is 4.57 Å². The van der Waals surface area contributed by atoms with E-state index in [0.29, 0.717) is 28.4 Å². The van der Waals surface area contributed by atoms with Crippen LogP contribution in [-0.2, 0) is 27.6 Å². The Morgan fingerprint density at radius 2 is 1.76 bits per heavy atom. The fraction of sp³-hybridized carbons (Fsp3) is 0.391. The van der Waals surface area contributed by atoms with Crippen molar-refractivity contribution < 1.29 is 22.7 Å². The molecule has 0 spiro atoms. The third-order valence-corrected chi connectivity index (χ3v) is 8.96. The number of carbonyl (C=O) groups excluding carboxylic acids is 1. The summed E-state index contributed by atoms with van der Waals surface area (Å²) >= 11 is 3.14. The van der Waals surface area contributed by atoms with E-state index in [9.17, 15) is 13.2 Å². The minimum atomic E-state index is -3.34. The topological polar surface area (TPSA) is 87.0 Å². The zero-order valence-corrected chi connectivity index (χ0v) is 21.8. The van der Waals surface area contributed by atoms with E-state index in [1.165, 1.54) is 11.3 Å². The molecule has 0 saturated heterocycles. The number of thiazole rings is 1. The van der Waals surface area contributed by atoms with Crippen LogP contribution in [0.2, 0.25) is 0 Å². The van der Waals surface area contributed by atoms with Gasteiger partial charge < -0.3 is 14.0 Å². The zero-order chi connectivity index (χ0) is 24.2. The van der Waals surface area contributed by atoms with E-state index in [-0.39, 0.29) is 17.2 Å². The predicted octanol–water partition coefficient (Wildman–Crippen LogP) is 3.94. The standard InChI is InChI=1S/C23H28N2O5S3/c1-15(2)33(27,28)17-8-6-16(7-9-17)12-22(26)24-23-25(10-11-31-5)18-13-19(29-3)20(30-4)14-21(18)32-23/h6-9,13-15H,10-12H2,1-5H3. The number of benzene rings is 2. The number of aryl methyl sites for hydroxylation is 1. The summed E-state index contributed by atoms with van der Waals surface area (Å²) in [6.07, 6.45) is 2.12. The molecule has 7 nitrogen and oxygen atoms in total. The summed E-state index contributed by atoms with van der Waals surface area (Å²) < 4.78 is 38.4. The molecule has 2 aromatic carbocycles. The Hall–Kier alpha value is -2.30. The van der Waals surface area contributed by atoms with Gasteiger partial charge in [-0.25, -0.2) is 8.42 Å². The molecular weight excluding hydrogens is 480 g/mol. The highest BCUT2D eigenvalue weighted by Crippen LogP contribution is 2.33. The molecule has 3 rings (SSSR count). The van der Waals surface area contributed by atoms with Crippen molar-refractivity contribution in [2.75, 3.05) is 26.2 Å². The molecule has 178 valence electrons. The Kier molecular flexibility index (Phi) is 8.25. The summed E-state index contributed by atoms with van der Waals surface area (Å²) in [5.74, 6) is 1.82. The van der Waals surface area contributed by atoms with Crippen LogP contribution in [-0.4, -0.2) is 50.4 Å². The van der Waals surface area contributed by atoms with E-state index < -0.39 is 15.1 Å². The second kappa shape index (κ2) is 10.8. The van der Waals surface area contributed by atoms with Crippen LogP contribution in [0.5, 0.6) is 11.5 Å². The predicted molar refractivity (Wildman–Crippen MR) is 134 cm³/mol. The van der Waals surface area contributed by atoms with Gasteiger partial charge in [0.2, 0.25) is 0 Å². The average Bonchev–Trinajstić information content (AvgIpc) is 3.12. The number of carbonyl (C=O) groups is 1. The lowest BCUT2D eigenvalue weighted by Gasteiger charge is -2.09. The van der Waals surface area contributed by atoms with Crippen LogP contribution in [0.1, 0.15) is 19.4 Å². The van der Waals surface area contributed by atoms with Crippen LogP contribution < -0.4 is 14.3 Å². The maximum Gasteiger partial charge on any atom is 0.252 e. The van der Waals surface area contributed by atoms with Crippen molar-refractivity contribution in [2.24, 2.45) is 4.99 Å². The van der Waals surface area contributed by atoms with E-state index in [2.05, 4.69) is 4.99 Å². The molecule has 3 aromatic rings. The Labute approximate surface area is 202 Å². The first-order chi connectivity index (χ1) is 15.7. The molecule has 0 aliphatic rings. The molecule has 0 aliphatic carbocycles. The van der Waals surface area contributed by atoms with Gasteiger partial charge in [0.1, 0.15) is 0 Å². The second-order valence-corrected chi connectivity index (χ2v) is 12.1. The van der Waals surface area contributed by atoms with Gasteiger partial charge in [-0.3, -0.25) is 4.79 Å². The minimum absolute atomic E-state index is 0.0887. The molecule has 1 amide bonds. The zero-order valence-electron chi connectivity index (χ0n) is 19.3. The van der Waals surface area contributed by atoms with E-state index in [1.807, 2.05) is 23.0 Å². The lowest BCUT2D eigenvalue weighted by molar-refractivity contribution is -0.117. The molecule has 0 saturated carbocycles. The molecule has 0 aliphatic heterocycles. The number of nitrogens with zero attached hydrogens (tertiary/aromatic N) is 2. The first-order valence-electron chi connectivity index (χ1n) is 10.4. The summed E-state index contributed by atoms with van der Waals surface area (Å²) in [7, 11) is -0.163. The normalized spacial score (nSPS) is 12.5. The third-order valence-electron chi connectivity index (χ3n) is 5.16. The van der Waals surface area contributed by atoms with E-state index in [4.69, 9.17) is 9.47 Å². The Morgan fingerprint density at radius 3 is 2.33 bits per heavy atom. The van der Waals surface area contributed by atoms with Gasteiger partial charge in [0.15, 0.2) is 26.1 Å². The molecule has 1 heterocycles. The molecule has 0 bridgehead atoms. The van der Waals surface area contributed by atoms with Gasteiger partial charge in [-0.2, -0.15) is 16.8 Å². The number of rotatable bonds is 9. The summed E-state index contributed by atoms with van der Waals surface area (Å²) in [6.45, 7) is 3.99. The largest absolute Gasteiger partial charge is 0.493 e. The first-order valence-corrected chi connectivity index (χ1v) is 14.1. The first kappa shape index (κ1) is 25.3. The number of hydrogen-bond donors (Lipinski definition) is 0. The molecule has 10 heteroatoms. The van der Waals surface area contributed by atoms with Crippen LogP contribution >= 0.6 is 23.1 Å². The van der Waals surface area contributed by atoms with E-state index in [1.54, 1.807) is 64.1 Å². The lowest BCUT2D eigenvalue weighted by atomic mass is 10.1. The highest BCUT2D eigenvalue weighted by atomic mass is 32.2. The Balaban J connectivity index is 1.95. The number of sulfone groups is 1. The molecule has 0 unspecified atom stereocenters. The van der Waals surface area contributed by atoms with Crippen molar-refractivity contribution in [2.45, 2.75) is 37.0 Å². The number of amides is 1. The maximum atomic E-state index is 12.8. The second-order valence-electron chi connectivity index (χ2n) is 7.62. The van der Waals surface area contributed by atoms with Crippen LogP contribution in [0.3, 0.4) is 0 Å². The van der Waals surface area contributed by atoms with Crippen molar-refractivity contribution in [3.8, 4) is 11.5 Å². The SMILES string of the molecule is COc1cc2sc(=NC(=O)Cc3ccc(S(=O)(=O)C(C)C)cc3)n(CCSC)c2cc1OC. The number of methoxy groups -OCH3 is 2. The number of aromatic nitrogens is 1. The van der Waals surface area contributed by atoms with Crippen LogP contribution in [0.15, 0.2) is 46.3 Å². The quantitative estimate of drug-likeness (QED) is 0.435. The summed E-state index contributed by atoms with van der Waals surface area (Å²) in [5, 5.41) is -0.498. The van der Waals surface area contributed by atoms with Crippen LogP contribution in [0.4, 0.5) is 0 Å². The third kappa shape index (κ3) is 5.62. The molecule has 0 radical (unpaired) electrons. The van der Waals surface area contributed by atoms with Gasteiger partial charge in [0.05, 0.1) is 41.0 Å². The average molecular weight is 509 g/mol. The number of thioether (sulfide) groups is 1. The molecule has 0 atom stereocenters. The van der Waals surface area contributed by atoms with Gasteiger partial charge in [-0.15, -0.1) is 0 Å². The van der Waals surface area contributed by atoms with Gasteiger partial charge in [-0.05, 0) is 37.8 Å². The van der Waals surface area contributed by atoms with Gasteiger partial charge in [-0.1, -0.05) is 23.5 Å². The smallest absolute Gasteiger partial charge is 0.252 e. The van der Waals surface area contributed by atoms with Crippen LogP contribution in [0, 0.1) is 0 Å². The van der Waals surface area contributed by atoms with Crippen LogP contribution in [0.25, 0.3) is 10.2 Å². The Bertz CT molecular complexity index is 1310. The summed E-state index contributed by atoms with van der Waals surface area (Å²) in [5.41, 5.74) is 1.65. The number of ether oxygens (including phenoxy) is 2. The van der Waals surface area contributed by atoms with E-state index >= 15 is 0 Å². The maximum absolute atomic E-state index is 12.8. The highest BCUT2D eigenvalue weighted by molar-refractivity contribution is 7.98. The summed E-state index contributed by atoms with van der Waals surface area (Å²) in [6, 6.07) is 10.2. The Morgan fingerprint density at radius 1 is 1.12 bits per heavy atom. The van der Waals surface area contributed by atoms with Gasteiger partial charge in [0, 0.05) is 24.4 Å². The van der Waals surface area contributed by atoms with Crippen molar-refractivity contribution in [3.05, 3.63) is 46.8 Å². The van der Waals surface area contributed by atoms with E-state index in [0.717, 1.165) is 16.0 Å². The monoisotopic (exact) mass is 508 g/mol.